The molecule has 11 heteroatoms. The highest BCUT2D eigenvalue weighted by Gasteiger charge is 2.56. The van der Waals surface area contributed by atoms with Gasteiger partial charge in [0.1, 0.15) is 5.75 Å². The third kappa shape index (κ3) is 3.60. The molecule has 3 aliphatic carbocycles. The molecule has 2 bridgehead atoms. The van der Waals surface area contributed by atoms with Crippen molar-refractivity contribution >= 4 is 29.4 Å². The van der Waals surface area contributed by atoms with Gasteiger partial charge in [0.25, 0.3) is 17.5 Å². The second kappa shape index (κ2) is 8.18. The Labute approximate surface area is 192 Å². The quantitative estimate of drug-likeness (QED) is 0.208. The van der Waals surface area contributed by atoms with E-state index in [4.69, 9.17) is 4.74 Å². The van der Waals surface area contributed by atoms with Crippen LogP contribution in [0.15, 0.2) is 59.7 Å². The summed E-state index contributed by atoms with van der Waals surface area (Å²) in [6, 6.07) is 9.40. The van der Waals surface area contributed by atoms with Gasteiger partial charge in [0.05, 0.1) is 34.0 Å². The zero-order valence-electron chi connectivity index (χ0n) is 17.6. The zero-order valence-corrected chi connectivity index (χ0v) is 17.6. The van der Waals surface area contributed by atoms with Gasteiger partial charge in [-0.3, -0.25) is 29.8 Å². The summed E-state index contributed by atoms with van der Waals surface area (Å²) in [5, 5.41) is 27.2. The Hall–Kier alpha value is -4.41. The van der Waals surface area contributed by atoms with Gasteiger partial charge in [0.2, 0.25) is 5.75 Å². The first-order chi connectivity index (χ1) is 16.3. The molecular formula is C23H18N4O7. The van der Waals surface area contributed by atoms with E-state index in [-0.39, 0.29) is 47.0 Å². The number of nitrogens with zero attached hydrogens (tertiary/aromatic N) is 4. The first-order valence-electron chi connectivity index (χ1n) is 10.6. The number of benzene rings is 2. The third-order valence-corrected chi connectivity index (χ3v) is 6.52. The zero-order chi connectivity index (χ0) is 24.0. The fourth-order valence-corrected chi connectivity index (χ4v) is 4.89. The summed E-state index contributed by atoms with van der Waals surface area (Å²) in [5.41, 5.74) is -0.363. The number of carbonyl (C=O) groups is 2. The molecule has 0 spiro atoms. The molecule has 2 aromatic carbocycles. The van der Waals surface area contributed by atoms with Crippen molar-refractivity contribution in [2.75, 3.05) is 0 Å². The van der Waals surface area contributed by atoms with Crippen molar-refractivity contribution in [1.29, 1.82) is 0 Å². The molecule has 2 aromatic rings. The number of ether oxygens (including phenoxy) is 1. The Morgan fingerprint density at radius 2 is 1.53 bits per heavy atom. The molecule has 1 saturated carbocycles. The predicted molar refractivity (Wildman–Crippen MR) is 118 cm³/mol. The minimum absolute atomic E-state index is 0.0894. The molecule has 0 N–H and O–H groups in total. The van der Waals surface area contributed by atoms with Gasteiger partial charge in [-0.2, -0.15) is 10.1 Å². The smallest absolute Gasteiger partial charge is 0.318 e. The molecule has 4 aliphatic rings. The van der Waals surface area contributed by atoms with Gasteiger partial charge in [-0.05, 0) is 60.6 Å². The number of hydrogen-bond acceptors (Lipinski definition) is 8. The summed E-state index contributed by atoms with van der Waals surface area (Å²) in [7, 11) is 0. The van der Waals surface area contributed by atoms with E-state index >= 15 is 0 Å². The van der Waals surface area contributed by atoms with Crippen LogP contribution in [0.4, 0.5) is 11.4 Å². The number of hydrogen-bond donors (Lipinski definition) is 0. The lowest BCUT2D eigenvalue weighted by Gasteiger charge is -2.37. The maximum atomic E-state index is 12.8. The Kier molecular flexibility index (Phi) is 5.16. The molecule has 11 nitrogen and oxygen atoms in total. The molecule has 34 heavy (non-hydrogen) atoms. The van der Waals surface area contributed by atoms with Gasteiger partial charge < -0.3 is 4.74 Å². The average molecular weight is 462 g/mol. The van der Waals surface area contributed by atoms with Gasteiger partial charge >= 0.3 is 5.69 Å². The highest BCUT2D eigenvalue weighted by Crippen LogP contribution is 2.49. The second-order valence-electron chi connectivity index (χ2n) is 8.41. The number of rotatable bonds is 6. The van der Waals surface area contributed by atoms with Crippen LogP contribution in [0.5, 0.6) is 11.5 Å². The molecule has 6 rings (SSSR count). The largest absolute Gasteiger partial charge is 0.450 e. The SMILES string of the molecule is O=C1[C@@H]2[C@H](C(=O)N1/N=C\c1ccc(Oc3ccc([N+](=O)[O-])cc3[N+](=O)[O-])cc1)[C@H]1C=C[C@H]2CC1. The van der Waals surface area contributed by atoms with E-state index in [0.29, 0.717) is 5.56 Å². The number of amides is 2. The number of nitro groups is 2. The molecule has 0 radical (unpaired) electrons. The predicted octanol–water partition coefficient (Wildman–Crippen LogP) is 3.83. The summed E-state index contributed by atoms with van der Waals surface area (Å²) in [5.74, 6) is -0.903. The average Bonchev–Trinajstić information content (AvgIpc) is 3.11. The number of carbonyl (C=O) groups excluding carboxylic acids is 2. The first kappa shape index (κ1) is 21.4. The van der Waals surface area contributed by atoms with Crippen LogP contribution in [-0.2, 0) is 9.59 Å². The van der Waals surface area contributed by atoms with E-state index in [1.54, 1.807) is 12.1 Å². The van der Waals surface area contributed by atoms with Gasteiger partial charge in [-0.15, -0.1) is 0 Å². The number of nitro benzene ring substituents is 2. The molecule has 1 heterocycles. The number of non-ortho nitro benzene ring substituents is 1. The second-order valence-corrected chi connectivity index (χ2v) is 8.41. The van der Waals surface area contributed by atoms with Crippen LogP contribution in [0.25, 0.3) is 0 Å². The highest BCUT2D eigenvalue weighted by molar-refractivity contribution is 6.06. The number of fused-ring (bicyclic) bond motifs is 1. The summed E-state index contributed by atoms with van der Waals surface area (Å²) >= 11 is 0. The minimum atomic E-state index is -0.757. The van der Waals surface area contributed by atoms with Crippen LogP contribution in [0, 0.1) is 43.9 Å². The highest BCUT2D eigenvalue weighted by atomic mass is 16.6. The van der Waals surface area contributed by atoms with Crippen LogP contribution in [0.3, 0.4) is 0 Å². The van der Waals surface area contributed by atoms with Crippen molar-refractivity contribution in [3.63, 3.8) is 0 Å². The molecule has 0 aromatic heterocycles. The molecule has 0 unspecified atom stereocenters. The van der Waals surface area contributed by atoms with Crippen LogP contribution in [-0.4, -0.2) is 32.9 Å². The lowest BCUT2D eigenvalue weighted by atomic mass is 9.63. The Morgan fingerprint density at radius 3 is 2.06 bits per heavy atom. The molecular weight excluding hydrogens is 444 g/mol. The lowest BCUT2D eigenvalue weighted by molar-refractivity contribution is -0.394. The van der Waals surface area contributed by atoms with Gasteiger partial charge in [-0.25, -0.2) is 0 Å². The normalized spacial score (nSPS) is 25.1. The van der Waals surface area contributed by atoms with Crippen molar-refractivity contribution in [1.82, 2.24) is 5.01 Å². The van der Waals surface area contributed by atoms with Crippen molar-refractivity contribution < 1.29 is 24.2 Å². The van der Waals surface area contributed by atoms with Gasteiger partial charge in [0.15, 0.2) is 0 Å². The summed E-state index contributed by atoms with van der Waals surface area (Å²) in [4.78, 5) is 46.3. The van der Waals surface area contributed by atoms with E-state index in [9.17, 15) is 29.8 Å². The van der Waals surface area contributed by atoms with Crippen molar-refractivity contribution in [2.24, 2.45) is 28.8 Å². The standard InChI is InChI=1S/C23H18N4O7/c28-22-20-14-3-4-15(6-5-14)21(20)23(29)25(22)24-12-13-1-8-17(9-2-13)34-19-10-7-16(26(30)31)11-18(19)27(32)33/h1-4,7-12,14-15,20-21H,5-6H2/b24-12-/t14-,15-,20-,21+/m0/s1. The van der Waals surface area contributed by atoms with Crippen LogP contribution >= 0.6 is 0 Å². The molecule has 2 amide bonds. The maximum absolute atomic E-state index is 12.8. The van der Waals surface area contributed by atoms with E-state index in [0.717, 1.165) is 36.0 Å². The fraction of sp³-hybridized carbons (Fsp3) is 0.261. The molecule has 1 saturated heterocycles. The summed E-state index contributed by atoms with van der Waals surface area (Å²) in [6.07, 6.45) is 7.31. The summed E-state index contributed by atoms with van der Waals surface area (Å²) < 4.78 is 5.53. The first-order valence-corrected chi connectivity index (χ1v) is 10.6. The van der Waals surface area contributed by atoms with Crippen LogP contribution < -0.4 is 4.74 Å². The Balaban J connectivity index is 1.30. The van der Waals surface area contributed by atoms with E-state index in [1.807, 2.05) is 12.2 Å². The maximum Gasteiger partial charge on any atom is 0.318 e. The molecule has 172 valence electrons. The van der Waals surface area contributed by atoms with E-state index in [1.165, 1.54) is 18.3 Å². The third-order valence-electron chi connectivity index (χ3n) is 6.52. The van der Waals surface area contributed by atoms with Crippen molar-refractivity contribution in [3.8, 4) is 11.5 Å². The van der Waals surface area contributed by atoms with E-state index in [2.05, 4.69) is 5.10 Å². The minimum Gasteiger partial charge on any atom is -0.450 e. The molecule has 1 aliphatic heterocycles. The summed E-state index contributed by atoms with van der Waals surface area (Å²) in [6.45, 7) is 0. The molecule has 4 atom stereocenters. The lowest BCUT2D eigenvalue weighted by Crippen LogP contribution is -2.38. The van der Waals surface area contributed by atoms with Gasteiger partial charge in [-0.1, -0.05) is 12.2 Å². The molecule has 2 fully saturated rings. The van der Waals surface area contributed by atoms with E-state index < -0.39 is 21.2 Å². The fourth-order valence-electron chi connectivity index (χ4n) is 4.89. The van der Waals surface area contributed by atoms with Crippen LogP contribution in [0.2, 0.25) is 0 Å². The Bertz CT molecular complexity index is 1240. The van der Waals surface area contributed by atoms with Crippen molar-refractivity contribution in [3.05, 3.63) is 80.4 Å². The number of hydrazone groups is 1. The monoisotopic (exact) mass is 462 g/mol. The van der Waals surface area contributed by atoms with Crippen LogP contribution in [0.1, 0.15) is 18.4 Å². The topological polar surface area (TPSA) is 145 Å². The number of imide groups is 1. The Morgan fingerprint density at radius 1 is 0.912 bits per heavy atom. The number of allylic oxidation sites excluding steroid dienone is 2. The van der Waals surface area contributed by atoms with Crippen molar-refractivity contribution in [2.45, 2.75) is 12.8 Å². The van der Waals surface area contributed by atoms with Gasteiger partial charge in [0, 0.05) is 6.07 Å².